The molecule has 2 heteroatoms. The highest BCUT2D eigenvalue weighted by Gasteiger charge is 2.28. The molecule has 0 aromatic carbocycles. The molecular weight excluding hydrogens is 138 g/mol. The summed E-state index contributed by atoms with van der Waals surface area (Å²) in [4.78, 5) is 0. The van der Waals surface area contributed by atoms with E-state index in [4.69, 9.17) is 0 Å². The van der Waals surface area contributed by atoms with Crippen LogP contribution >= 0.6 is 0 Å². The van der Waals surface area contributed by atoms with Crippen molar-refractivity contribution in [3.05, 3.63) is 0 Å². The van der Waals surface area contributed by atoms with Crippen LogP contribution in [0.25, 0.3) is 0 Å². The summed E-state index contributed by atoms with van der Waals surface area (Å²) < 4.78 is 1.09. The van der Waals surface area contributed by atoms with Gasteiger partial charge in [0.25, 0.3) is 0 Å². The first-order valence-electron chi connectivity index (χ1n) is 4.68. The van der Waals surface area contributed by atoms with Crippen LogP contribution in [0.4, 0.5) is 0 Å². The Balaban J connectivity index is 2.33. The van der Waals surface area contributed by atoms with Crippen molar-refractivity contribution < 1.29 is 9.59 Å². The number of quaternary nitrogens is 1. The van der Waals surface area contributed by atoms with Gasteiger partial charge < -0.3 is 9.59 Å². The van der Waals surface area contributed by atoms with Crippen LogP contribution in [-0.4, -0.2) is 42.4 Å². The normalized spacial score (nSPS) is 25.4. The number of hydrogen-bond acceptors (Lipinski definition) is 1. The van der Waals surface area contributed by atoms with E-state index < -0.39 is 0 Å². The Morgan fingerprint density at radius 2 is 1.91 bits per heavy atom. The lowest BCUT2D eigenvalue weighted by Gasteiger charge is -2.30. The topological polar surface area (TPSA) is 20.2 Å². The largest absolute Gasteiger partial charge is 0.387 e. The van der Waals surface area contributed by atoms with Crippen molar-refractivity contribution in [3.63, 3.8) is 0 Å². The van der Waals surface area contributed by atoms with Crippen LogP contribution in [0, 0.1) is 0 Å². The average Bonchev–Trinajstić information content (AvgIpc) is 2.36. The molecule has 0 amide bonds. The van der Waals surface area contributed by atoms with Crippen LogP contribution in [0.3, 0.4) is 0 Å². The second-order valence-corrected chi connectivity index (χ2v) is 4.02. The number of likely N-dealkylation sites (N-methyl/N-ethyl adjacent to an activating group) is 1. The monoisotopic (exact) mass is 158 g/mol. The molecule has 66 valence electrons. The van der Waals surface area contributed by atoms with Gasteiger partial charge >= 0.3 is 0 Å². The molecular formula is C9H20NO+. The first kappa shape index (κ1) is 9.01. The van der Waals surface area contributed by atoms with Crippen molar-refractivity contribution in [1.29, 1.82) is 0 Å². The first-order chi connectivity index (χ1) is 5.16. The maximum absolute atomic E-state index is 9.47. The van der Waals surface area contributed by atoms with Crippen molar-refractivity contribution in [2.24, 2.45) is 0 Å². The van der Waals surface area contributed by atoms with Gasteiger partial charge in [0.05, 0.1) is 20.1 Å². The van der Waals surface area contributed by atoms with Gasteiger partial charge in [0.1, 0.15) is 12.6 Å². The Kier molecular flexibility index (Phi) is 2.90. The lowest BCUT2D eigenvalue weighted by molar-refractivity contribution is -0.900. The van der Waals surface area contributed by atoms with E-state index in [-0.39, 0.29) is 6.10 Å². The number of hydrogen-bond donors (Lipinski definition) is 1. The molecule has 1 rings (SSSR count). The van der Waals surface area contributed by atoms with Gasteiger partial charge in [0.2, 0.25) is 0 Å². The van der Waals surface area contributed by atoms with E-state index in [1.807, 2.05) is 6.92 Å². The molecule has 1 N–H and O–H groups in total. The lowest BCUT2D eigenvalue weighted by Crippen LogP contribution is -2.46. The summed E-state index contributed by atoms with van der Waals surface area (Å²) in [6.45, 7) is 5.53. The predicted octanol–water partition coefficient (Wildman–Crippen LogP) is 0.998. The highest BCUT2D eigenvalue weighted by Crippen LogP contribution is 2.17. The van der Waals surface area contributed by atoms with Crippen LogP contribution in [0.5, 0.6) is 0 Å². The van der Waals surface area contributed by atoms with Crippen molar-refractivity contribution in [1.82, 2.24) is 0 Å². The minimum absolute atomic E-state index is 0.0851. The lowest BCUT2D eigenvalue weighted by atomic mass is 10.2. The standard InChI is InChI=1S/C9H20NO/c1-3-9(11)8-10(2)6-4-5-7-10/h9,11H,3-8H2,1-2H3/q+1. The molecule has 0 aliphatic carbocycles. The Labute approximate surface area is 69.4 Å². The van der Waals surface area contributed by atoms with Gasteiger partial charge in [0, 0.05) is 12.8 Å². The Bertz CT molecular complexity index is 119. The second kappa shape index (κ2) is 3.55. The van der Waals surface area contributed by atoms with Gasteiger partial charge in [-0.2, -0.15) is 0 Å². The second-order valence-electron chi connectivity index (χ2n) is 4.02. The van der Waals surface area contributed by atoms with Gasteiger partial charge in [-0.05, 0) is 6.42 Å². The van der Waals surface area contributed by atoms with Gasteiger partial charge in [-0.15, -0.1) is 0 Å². The number of nitrogens with zero attached hydrogens (tertiary/aromatic N) is 1. The summed E-state index contributed by atoms with van der Waals surface area (Å²) in [5.74, 6) is 0. The third kappa shape index (κ3) is 2.46. The molecule has 11 heavy (non-hydrogen) atoms. The van der Waals surface area contributed by atoms with E-state index in [2.05, 4.69) is 7.05 Å². The molecule has 1 aliphatic heterocycles. The van der Waals surface area contributed by atoms with Crippen LogP contribution in [0.15, 0.2) is 0 Å². The summed E-state index contributed by atoms with van der Waals surface area (Å²) in [6, 6.07) is 0. The number of likely N-dealkylation sites (tertiary alicyclic amines) is 1. The van der Waals surface area contributed by atoms with E-state index in [1.165, 1.54) is 25.9 Å². The zero-order valence-electron chi connectivity index (χ0n) is 7.71. The van der Waals surface area contributed by atoms with E-state index in [0.717, 1.165) is 17.4 Å². The van der Waals surface area contributed by atoms with Crippen LogP contribution in [0.1, 0.15) is 26.2 Å². The zero-order valence-corrected chi connectivity index (χ0v) is 7.71. The summed E-state index contributed by atoms with van der Waals surface area (Å²) in [6.07, 6.45) is 3.49. The molecule has 0 spiro atoms. The van der Waals surface area contributed by atoms with Gasteiger partial charge in [-0.3, -0.25) is 0 Å². The maximum Gasteiger partial charge on any atom is 0.105 e. The van der Waals surface area contributed by atoms with E-state index >= 15 is 0 Å². The fourth-order valence-electron chi connectivity index (χ4n) is 1.92. The molecule has 0 saturated carbocycles. The van der Waals surface area contributed by atoms with Crippen molar-refractivity contribution >= 4 is 0 Å². The summed E-state index contributed by atoms with van der Waals surface area (Å²) >= 11 is 0. The molecule has 2 nitrogen and oxygen atoms in total. The minimum Gasteiger partial charge on any atom is -0.387 e. The quantitative estimate of drug-likeness (QED) is 0.607. The SMILES string of the molecule is CCC(O)C[N+]1(C)CCCC1. The van der Waals surface area contributed by atoms with Crippen molar-refractivity contribution in [3.8, 4) is 0 Å². The summed E-state index contributed by atoms with van der Waals surface area (Å²) in [5.41, 5.74) is 0. The zero-order chi connectivity index (χ0) is 8.32. The Morgan fingerprint density at radius 3 is 2.36 bits per heavy atom. The number of aliphatic hydroxyl groups is 1. The minimum atomic E-state index is -0.0851. The van der Waals surface area contributed by atoms with Gasteiger partial charge in [0.15, 0.2) is 0 Å². The van der Waals surface area contributed by atoms with E-state index in [0.29, 0.717) is 0 Å². The van der Waals surface area contributed by atoms with E-state index in [9.17, 15) is 5.11 Å². The summed E-state index contributed by atoms with van der Waals surface area (Å²) in [7, 11) is 2.26. The Hall–Kier alpha value is -0.0800. The van der Waals surface area contributed by atoms with Crippen molar-refractivity contribution in [2.45, 2.75) is 32.3 Å². The van der Waals surface area contributed by atoms with Gasteiger partial charge in [-0.1, -0.05) is 6.92 Å². The Morgan fingerprint density at radius 1 is 1.36 bits per heavy atom. The predicted molar refractivity (Wildman–Crippen MR) is 46.3 cm³/mol. The van der Waals surface area contributed by atoms with Crippen LogP contribution in [-0.2, 0) is 0 Å². The highest BCUT2D eigenvalue weighted by atomic mass is 16.3. The molecule has 0 bridgehead atoms. The van der Waals surface area contributed by atoms with Crippen LogP contribution < -0.4 is 0 Å². The smallest absolute Gasteiger partial charge is 0.105 e. The molecule has 1 saturated heterocycles. The van der Waals surface area contributed by atoms with Crippen molar-refractivity contribution in [2.75, 3.05) is 26.7 Å². The first-order valence-corrected chi connectivity index (χ1v) is 4.68. The molecule has 0 radical (unpaired) electrons. The average molecular weight is 158 g/mol. The molecule has 1 fully saturated rings. The molecule has 1 heterocycles. The third-order valence-corrected chi connectivity index (χ3v) is 2.77. The molecule has 0 aromatic rings. The highest BCUT2D eigenvalue weighted by molar-refractivity contribution is 4.56. The number of rotatable bonds is 3. The number of aliphatic hydroxyl groups excluding tert-OH is 1. The molecule has 1 atom stereocenters. The summed E-state index contributed by atoms with van der Waals surface area (Å²) in [5, 5.41) is 9.47. The van der Waals surface area contributed by atoms with Crippen LogP contribution in [0.2, 0.25) is 0 Å². The fourth-order valence-corrected chi connectivity index (χ4v) is 1.92. The third-order valence-electron chi connectivity index (χ3n) is 2.77. The van der Waals surface area contributed by atoms with E-state index in [1.54, 1.807) is 0 Å². The fraction of sp³-hybridized carbons (Fsp3) is 1.00. The maximum atomic E-state index is 9.47. The molecule has 1 unspecified atom stereocenters. The molecule has 1 aliphatic rings. The van der Waals surface area contributed by atoms with Gasteiger partial charge in [-0.25, -0.2) is 0 Å². The molecule has 0 aromatic heterocycles.